The summed E-state index contributed by atoms with van der Waals surface area (Å²) in [5, 5.41) is 0.934. The number of rotatable bonds is 6. The lowest BCUT2D eigenvalue weighted by Gasteiger charge is -2.11. The van der Waals surface area contributed by atoms with Gasteiger partial charge in [0.2, 0.25) is 0 Å². The highest BCUT2D eigenvalue weighted by molar-refractivity contribution is 5.89. The SMILES string of the molecule is CCCCCCc1c(C)c2cccc(OC(C)=O)c2[nH]c1=O. The summed E-state index contributed by atoms with van der Waals surface area (Å²) >= 11 is 0. The molecule has 0 saturated carbocycles. The fourth-order valence-corrected chi connectivity index (χ4v) is 2.76. The summed E-state index contributed by atoms with van der Waals surface area (Å²) in [6.07, 6.45) is 5.32. The van der Waals surface area contributed by atoms with E-state index in [-0.39, 0.29) is 5.56 Å². The van der Waals surface area contributed by atoms with Crippen LogP contribution in [0.2, 0.25) is 0 Å². The molecule has 4 heteroatoms. The van der Waals surface area contributed by atoms with Crippen molar-refractivity contribution in [1.82, 2.24) is 4.98 Å². The molecule has 0 radical (unpaired) electrons. The van der Waals surface area contributed by atoms with Crippen LogP contribution in [0.25, 0.3) is 10.9 Å². The maximum Gasteiger partial charge on any atom is 0.308 e. The number of esters is 1. The van der Waals surface area contributed by atoms with Crippen LogP contribution in [-0.4, -0.2) is 11.0 Å². The standard InChI is InChI=1S/C18H23NO3/c1-4-5-6-7-9-15-12(2)14-10-8-11-16(22-13(3)20)17(14)19-18(15)21/h8,10-11H,4-7,9H2,1-3H3,(H,19,21). The first-order chi connectivity index (χ1) is 10.5. The van der Waals surface area contributed by atoms with Gasteiger partial charge in [-0.25, -0.2) is 0 Å². The molecule has 0 aliphatic carbocycles. The van der Waals surface area contributed by atoms with E-state index in [1.54, 1.807) is 6.07 Å². The highest BCUT2D eigenvalue weighted by Crippen LogP contribution is 2.26. The fourth-order valence-electron chi connectivity index (χ4n) is 2.76. The maximum atomic E-state index is 12.4. The zero-order valence-corrected chi connectivity index (χ0v) is 13.5. The molecule has 118 valence electrons. The van der Waals surface area contributed by atoms with Gasteiger partial charge >= 0.3 is 5.97 Å². The number of benzene rings is 1. The number of hydrogen-bond donors (Lipinski definition) is 1. The van der Waals surface area contributed by atoms with E-state index in [0.717, 1.165) is 35.8 Å². The Hall–Kier alpha value is -2.10. The zero-order chi connectivity index (χ0) is 16.1. The highest BCUT2D eigenvalue weighted by Gasteiger charge is 2.12. The lowest BCUT2D eigenvalue weighted by atomic mass is 9.99. The first-order valence-electron chi connectivity index (χ1n) is 7.87. The summed E-state index contributed by atoms with van der Waals surface area (Å²) in [7, 11) is 0. The average molecular weight is 301 g/mol. The van der Waals surface area contributed by atoms with Crippen molar-refractivity contribution in [3.63, 3.8) is 0 Å². The molecule has 0 aliphatic rings. The van der Waals surface area contributed by atoms with Gasteiger partial charge in [0.1, 0.15) is 0 Å². The lowest BCUT2D eigenvalue weighted by Crippen LogP contribution is -2.16. The van der Waals surface area contributed by atoms with Gasteiger partial charge in [-0.2, -0.15) is 0 Å². The van der Waals surface area contributed by atoms with Gasteiger partial charge in [-0.3, -0.25) is 9.59 Å². The number of fused-ring (bicyclic) bond motifs is 1. The Morgan fingerprint density at radius 2 is 2.00 bits per heavy atom. The Morgan fingerprint density at radius 3 is 2.68 bits per heavy atom. The van der Waals surface area contributed by atoms with Crippen molar-refractivity contribution in [2.45, 2.75) is 52.9 Å². The molecular formula is C18H23NO3. The number of aromatic amines is 1. The topological polar surface area (TPSA) is 59.2 Å². The van der Waals surface area contributed by atoms with E-state index >= 15 is 0 Å². The summed E-state index contributed by atoms with van der Waals surface area (Å²) in [6, 6.07) is 5.48. The molecular weight excluding hydrogens is 278 g/mol. The van der Waals surface area contributed by atoms with Gasteiger partial charge in [0.15, 0.2) is 5.75 Å². The molecule has 2 aromatic rings. The highest BCUT2D eigenvalue weighted by atomic mass is 16.5. The van der Waals surface area contributed by atoms with Crippen molar-refractivity contribution in [1.29, 1.82) is 0 Å². The minimum absolute atomic E-state index is 0.0823. The molecule has 1 aromatic carbocycles. The van der Waals surface area contributed by atoms with E-state index in [2.05, 4.69) is 11.9 Å². The fraction of sp³-hybridized carbons (Fsp3) is 0.444. The number of aryl methyl sites for hydroxylation is 1. The molecule has 4 nitrogen and oxygen atoms in total. The molecule has 0 saturated heterocycles. The normalized spacial score (nSPS) is 10.9. The van der Waals surface area contributed by atoms with Crippen molar-refractivity contribution in [2.75, 3.05) is 0 Å². The Bertz CT molecular complexity index is 731. The van der Waals surface area contributed by atoms with Crippen molar-refractivity contribution >= 4 is 16.9 Å². The van der Waals surface area contributed by atoms with Crippen molar-refractivity contribution in [3.8, 4) is 5.75 Å². The van der Waals surface area contributed by atoms with Gasteiger partial charge in [-0.15, -0.1) is 0 Å². The van der Waals surface area contributed by atoms with E-state index in [1.165, 1.54) is 19.8 Å². The lowest BCUT2D eigenvalue weighted by molar-refractivity contribution is -0.131. The summed E-state index contributed by atoms with van der Waals surface area (Å²) in [6.45, 7) is 5.49. The van der Waals surface area contributed by atoms with E-state index in [4.69, 9.17) is 4.74 Å². The van der Waals surface area contributed by atoms with E-state index in [0.29, 0.717) is 11.3 Å². The van der Waals surface area contributed by atoms with Crippen LogP contribution in [0.1, 0.15) is 50.7 Å². The predicted molar refractivity (Wildman–Crippen MR) is 88.5 cm³/mol. The smallest absolute Gasteiger partial charge is 0.308 e. The third-order valence-electron chi connectivity index (χ3n) is 3.93. The molecule has 0 unspecified atom stereocenters. The Balaban J connectivity index is 2.41. The third kappa shape index (κ3) is 3.56. The Labute approximate surface area is 130 Å². The monoisotopic (exact) mass is 301 g/mol. The third-order valence-corrected chi connectivity index (χ3v) is 3.93. The number of aromatic nitrogens is 1. The maximum absolute atomic E-state index is 12.4. The number of pyridine rings is 1. The number of ether oxygens (including phenoxy) is 1. The van der Waals surface area contributed by atoms with Crippen LogP contribution in [-0.2, 0) is 11.2 Å². The first kappa shape index (κ1) is 16.3. The molecule has 22 heavy (non-hydrogen) atoms. The number of nitrogens with one attached hydrogen (secondary N) is 1. The van der Waals surface area contributed by atoms with Crippen molar-refractivity contribution in [2.24, 2.45) is 0 Å². The average Bonchev–Trinajstić information content (AvgIpc) is 2.47. The number of carbonyl (C=O) groups excluding carboxylic acids is 1. The number of para-hydroxylation sites is 1. The van der Waals surface area contributed by atoms with Crippen LogP contribution in [0.15, 0.2) is 23.0 Å². The number of carbonyl (C=O) groups is 1. The summed E-state index contributed by atoms with van der Waals surface area (Å²) in [4.78, 5) is 26.4. The van der Waals surface area contributed by atoms with Gasteiger partial charge in [0, 0.05) is 17.9 Å². The van der Waals surface area contributed by atoms with Crippen LogP contribution in [0.3, 0.4) is 0 Å². The van der Waals surface area contributed by atoms with E-state index in [9.17, 15) is 9.59 Å². The van der Waals surface area contributed by atoms with Gasteiger partial charge in [0.05, 0.1) is 5.52 Å². The second-order valence-electron chi connectivity index (χ2n) is 5.64. The summed E-state index contributed by atoms with van der Waals surface area (Å²) in [5.41, 5.74) is 2.33. The van der Waals surface area contributed by atoms with Crippen LogP contribution in [0, 0.1) is 6.92 Å². The molecule has 0 aliphatic heterocycles. The molecule has 1 aromatic heterocycles. The van der Waals surface area contributed by atoms with Crippen LogP contribution in [0.4, 0.5) is 0 Å². The molecule has 1 heterocycles. The van der Waals surface area contributed by atoms with E-state index in [1.807, 2.05) is 19.1 Å². The zero-order valence-electron chi connectivity index (χ0n) is 13.5. The number of H-pyrrole nitrogens is 1. The van der Waals surface area contributed by atoms with E-state index < -0.39 is 5.97 Å². The molecule has 2 rings (SSSR count). The largest absolute Gasteiger partial charge is 0.424 e. The predicted octanol–water partition coefficient (Wildman–Crippen LogP) is 3.88. The molecule has 0 bridgehead atoms. The minimum Gasteiger partial charge on any atom is -0.424 e. The Morgan fingerprint density at radius 1 is 1.23 bits per heavy atom. The van der Waals surface area contributed by atoms with Crippen LogP contribution in [0.5, 0.6) is 5.75 Å². The van der Waals surface area contributed by atoms with Crippen LogP contribution >= 0.6 is 0 Å². The van der Waals surface area contributed by atoms with Crippen LogP contribution < -0.4 is 10.3 Å². The summed E-state index contributed by atoms with van der Waals surface area (Å²) < 4.78 is 5.18. The van der Waals surface area contributed by atoms with Gasteiger partial charge in [-0.05, 0) is 31.4 Å². The molecule has 1 N–H and O–H groups in total. The quantitative estimate of drug-likeness (QED) is 0.500. The molecule has 0 atom stereocenters. The Kier molecular flexibility index (Phi) is 5.36. The number of hydrogen-bond acceptors (Lipinski definition) is 3. The molecule has 0 amide bonds. The second kappa shape index (κ2) is 7.25. The van der Waals surface area contributed by atoms with Gasteiger partial charge in [-0.1, -0.05) is 38.3 Å². The molecule has 0 spiro atoms. The molecule has 0 fully saturated rings. The van der Waals surface area contributed by atoms with Gasteiger partial charge < -0.3 is 9.72 Å². The van der Waals surface area contributed by atoms with Crippen molar-refractivity contribution < 1.29 is 9.53 Å². The number of unbranched alkanes of at least 4 members (excludes halogenated alkanes) is 3. The van der Waals surface area contributed by atoms with Crippen molar-refractivity contribution in [3.05, 3.63) is 39.7 Å². The van der Waals surface area contributed by atoms with Gasteiger partial charge in [0.25, 0.3) is 5.56 Å². The second-order valence-corrected chi connectivity index (χ2v) is 5.64. The first-order valence-corrected chi connectivity index (χ1v) is 7.87. The minimum atomic E-state index is -0.394. The summed E-state index contributed by atoms with van der Waals surface area (Å²) in [5.74, 6) is 0.0115.